The molecule has 0 spiro atoms. The van der Waals surface area contributed by atoms with Crippen molar-refractivity contribution in [3.8, 4) is 11.5 Å². The van der Waals surface area contributed by atoms with Crippen molar-refractivity contribution in [2.75, 3.05) is 17.9 Å². The molecule has 0 radical (unpaired) electrons. The largest absolute Gasteiger partial charge is 0.494 e. The summed E-state index contributed by atoms with van der Waals surface area (Å²) in [6.07, 6.45) is 0. The van der Waals surface area contributed by atoms with Gasteiger partial charge in [0.15, 0.2) is 0 Å². The summed E-state index contributed by atoms with van der Waals surface area (Å²) < 4.78 is 38.6. The fourth-order valence-corrected chi connectivity index (χ4v) is 3.39. The second-order valence-corrected chi connectivity index (χ2v) is 6.60. The molecule has 0 aromatic heterocycles. The number of ether oxygens (including phenoxy) is 2. The number of sulfonamides is 1. The van der Waals surface area contributed by atoms with E-state index >= 15 is 0 Å². The van der Waals surface area contributed by atoms with Crippen LogP contribution in [0.1, 0.15) is 19.4 Å². The van der Waals surface area contributed by atoms with Crippen LogP contribution >= 0.6 is 0 Å². The van der Waals surface area contributed by atoms with Gasteiger partial charge in [0, 0.05) is 5.69 Å². The van der Waals surface area contributed by atoms with Crippen molar-refractivity contribution in [3.05, 3.63) is 48.0 Å². The number of rotatable bonds is 7. The summed E-state index contributed by atoms with van der Waals surface area (Å²) >= 11 is 0. The van der Waals surface area contributed by atoms with Crippen LogP contribution in [0.15, 0.2) is 47.4 Å². The van der Waals surface area contributed by atoms with Gasteiger partial charge in [-0.05, 0) is 62.7 Å². The normalized spacial score (nSPS) is 11.1. The maximum atomic E-state index is 12.6. The first-order valence-corrected chi connectivity index (χ1v) is 8.93. The second kappa shape index (κ2) is 7.37. The summed E-state index contributed by atoms with van der Waals surface area (Å²) in [4.78, 5) is 0.133. The molecule has 0 amide bonds. The van der Waals surface area contributed by atoms with Crippen LogP contribution in [0.4, 0.5) is 5.69 Å². The van der Waals surface area contributed by atoms with Crippen LogP contribution in [0.2, 0.25) is 0 Å². The minimum Gasteiger partial charge on any atom is -0.494 e. The molecule has 0 saturated heterocycles. The standard InChI is InChI=1S/C17H21NO4S/c1-4-21-15-9-7-14(8-10-15)18-23(19,20)17-12-13(3)6-11-16(17)22-5-2/h6-12,18H,4-5H2,1-3H3. The first-order chi connectivity index (χ1) is 11.0. The maximum absolute atomic E-state index is 12.6. The molecule has 0 aliphatic heterocycles. The zero-order chi connectivity index (χ0) is 16.9. The van der Waals surface area contributed by atoms with Crippen LogP contribution in [0.25, 0.3) is 0 Å². The Labute approximate surface area is 137 Å². The molecule has 2 aromatic carbocycles. The zero-order valence-electron chi connectivity index (χ0n) is 13.5. The Bertz CT molecular complexity index is 755. The maximum Gasteiger partial charge on any atom is 0.265 e. The molecule has 0 atom stereocenters. The number of anilines is 1. The first kappa shape index (κ1) is 17.1. The summed E-state index contributed by atoms with van der Waals surface area (Å²) in [5.74, 6) is 1.04. The van der Waals surface area contributed by atoms with Gasteiger partial charge in [0.1, 0.15) is 16.4 Å². The third kappa shape index (κ3) is 4.39. The highest BCUT2D eigenvalue weighted by Gasteiger charge is 2.20. The van der Waals surface area contributed by atoms with Crippen molar-refractivity contribution in [1.29, 1.82) is 0 Å². The predicted octanol–water partition coefficient (Wildman–Crippen LogP) is 3.59. The number of hydrogen-bond acceptors (Lipinski definition) is 4. The van der Waals surface area contributed by atoms with Gasteiger partial charge in [-0.25, -0.2) is 8.42 Å². The highest BCUT2D eigenvalue weighted by Crippen LogP contribution is 2.27. The fourth-order valence-electron chi connectivity index (χ4n) is 2.10. The van der Waals surface area contributed by atoms with Gasteiger partial charge in [0.2, 0.25) is 0 Å². The van der Waals surface area contributed by atoms with Crippen LogP contribution in [0.3, 0.4) is 0 Å². The number of benzene rings is 2. The van der Waals surface area contributed by atoms with E-state index in [2.05, 4.69) is 4.72 Å². The Morgan fingerprint density at radius 1 is 0.957 bits per heavy atom. The minimum absolute atomic E-state index is 0.133. The van der Waals surface area contributed by atoms with Gasteiger partial charge in [-0.2, -0.15) is 0 Å². The van der Waals surface area contributed by atoms with Gasteiger partial charge in [-0.3, -0.25) is 4.72 Å². The average molecular weight is 335 g/mol. The molecule has 124 valence electrons. The van der Waals surface area contributed by atoms with Crippen molar-refractivity contribution in [1.82, 2.24) is 0 Å². The molecule has 0 bridgehead atoms. The molecule has 0 heterocycles. The zero-order valence-corrected chi connectivity index (χ0v) is 14.3. The molecule has 0 aliphatic rings. The monoisotopic (exact) mass is 335 g/mol. The minimum atomic E-state index is -3.73. The lowest BCUT2D eigenvalue weighted by molar-refractivity contribution is 0.331. The lowest BCUT2D eigenvalue weighted by Gasteiger charge is -2.13. The number of hydrogen-bond donors (Lipinski definition) is 1. The third-order valence-electron chi connectivity index (χ3n) is 3.11. The SMILES string of the molecule is CCOc1ccc(NS(=O)(=O)c2cc(C)ccc2OCC)cc1. The van der Waals surface area contributed by atoms with Crippen molar-refractivity contribution >= 4 is 15.7 Å². The molecule has 0 unspecified atom stereocenters. The van der Waals surface area contributed by atoms with E-state index < -0.39 is 10.0 Å². The number of nitrogens with one attached hydrogen (secondary N) is 1. The van der Waals surface area contributed by atoms with Gasteiger partial charge >= 0.3 is 0 Å². The predicted molar refractivity (Wildman–Crippen MR) is 90.8 cm³/mol. The summed E-state index contributed by atoms with van der Waals surface area (Å²) in [5.41, 5.74) is 1.32. The molecule has 5 nitrogen and oxygen atoms in total. The van der Waals surface area contributed by atoms with E-state index in [1.807, 2.05) is 26.8 Å². The van der Waals surface area contributed by atoms with Crippen LogP contribution in [0.5, 0.6) is 11.5 Å². The first-order valence-electron chi connectivity index (χ1n) is 7.45. The van der Waals surface area contributed by atoms with Crippen molar-refractivity contribution in [3.63, 3.8) is 0 Å². The molecule has 0 aliphatic carbocycles. The highest BCUT2D eigenvalue weighted by atomic mass is 32.2. The second-order valence-electron chi connectivity index (χ2n) is 4.95. The molecule has 23 heavy (non-hydrogen) atoms. The van der Waals surface area contributed by atoms with Crippen LogP contribution in [-0.4, -0.2) is 21.6 Å². The van der Waals surface area contributed by atoms with Crippen LogP contribution < -0.4 is 14.2 Å². The van der Waals surface area contributed by atoms with Gasteiger partial charge in [-0.15, -0.1) is 0 Å². The molecule has 2 aromatic rings. The Kier molecular flexibility index (Phi) is 5.50. The lowest BCUT2D eigenvalue weighted by atomic mass is 10.2. The lowest BCUT2D eigenvalue weighted by Crippen LogP contribution is -2.14. The van der Waals surface area contributed by atoms with E-state index in [9.17, 15) is 8.42 Å². The van der Waals surface area contributed by atoms with Gasteiger partial charge in [-0.1, -0.05) is 6.07 Å². The average Bonchev–Trinajstić information content (AvgIpc) is 2.51. The Hall–Kier alpha value is -2.21. The van der Waals surface area contributed by atoms with E-state index in [4.69, 9.17) is 9.47 Å². The molecular weight excluding hydrogens is 314 g/mol. The van der Waals surface area contributed by atoms with Crippen LogP contribution in [-0.2, 0) is 10.0 Å². The fraction of sp³-hybridized carbons (Fsp3) is 0.294. The molecule has 0 saturated carbocycles. The third-order valence-corrected chi connectivity index (χ3v) is 4.51. The van der Waals surface area contributed by atoms with Crippen molar-refractivity contribution in [2.24, 2.45) is 0 Å². The van der Waals surface area contributed by atoms with Gasteiger partial charge < -0.3 is 9.47 Å². The highest BCUT2D eigenvalue weighted by molar-refractivity contribution is 7.92. The Morgan fingerprint density at radius 3 is 2.22 bits per heavy atom. The van der Waals surface area contributed by atoms with E-state index in [1.54, 1.807) is 36.4 Å². The molecule has 1 N–H and O–H groups in total. The Balaban J connectivity index is 2.29. The summed E-state index contributed by atoms with van der Waals surface area (Å²) in [6, 6.07) is 11.9. The van der Waals surface area contributed by atoms with E-state index in [0.29, 0.717) is 30.4 Å². The van der Waals surface area contributed by atoms with Crippen molar-refractivity contribution < 1.29 is 17.9 Å². The Morgan fingerprint density at radius 2 is 1.61 bits per heavy atom. The summed E-state index contributed by atoms with van der Waals surface area (Å²) in [6.45, 7) is 6.51. The van der Waals surface area contributed by atoms with E-state index in [-0.39, 0.29) is 4.90 Å². The van der Waals surface area contributed by atoms with Crippen molar-refractivity contribution in [2.45, 2.75) is 25.7 Å². The van der Waals surface area contributed by atoms with E-state index in [1.165, 1.54) is 0 Å². The number of aryl methyl sites for hydroxylation is 1. The smallest absolute Gasteiger partial charge is 0.265 e. The van der Waals surface area contributed by atoms with E-state index in [0.717, 1.165) is 5.56 Å². The quantitative estimate of drug-likeness (QED) is 0.840. The molecular formula is C17H21NO4S. The summed E-state index contributed by atoms with van der Waals surface area (Å²) in [5, 5.41) is 0. The topological polar surface area (TPSA) is 64.6 Å². The molecule has 6 heteroatoms. The summed E-state index contributed by atoms with van der Waals surface area (Å²) in [7, 11) is -3.73. The van der Waals surface area contributed by atoms with Gasteiger partial charge in [0.05, 0.1) is 13.2 Å². The van der Waals surface area contributed by atoms with Crippen LogP contribution in [0, 0.1) is 6.92 Å². The van der Waals surface area contributed by atoms with Gasteiger partial charge in [0.25, 0.3) is 10.0 Å². The molecule has 2 rings (SSSR count). The molecule has 0 fully saturated rings.